The number of benzene rings is 1. The topological polar surface area (TPSA) is 90.7 Å². The van der Waals surface area contributed by atoms with E-state index in [4.69, 9.17) is 15.2 Å². The summed E-state index contributed by atoms with van der Waals surface area (Å²) in [6.45, 7) is 6.41. The van der Waals surface area contributed by atoms with Crippen molar-refractivity contribution in [2.24, 2.45) is 11.7 Å². The van der Waals surface area contributed by atoms with Crippen LogP contribution in [0.2, 0.25) is 0 Å². The molecule has 1 heterocycles. The minimum Gasteiger partial charge on any atom is -0.470 e. The average Bonchev–Trinajstić information content (AvgIpc) is 2.38. The molecule has 0 unspecified atom stereocenters. The molecule has 0 radical (unpaired) electrons. The van der Waals surface area contributed by atoms with Gasteiger partial charge in [0, 0.05) is 6.07 Å². The van der Waals surface area contributed by atoms with Crippen molar-refractivity contribution >= 4 is 17.6 Å². The first-order valence-corrected chi connectivity index (χ1v) is 6.81. The molecule has 7 heteroatoms. The van der Waals surface area contributed by atoms with Gasteiger partial charge in [0.1, 0.15) is 17.2 Å². The lowest BCUT2D eigenvalue weighted by molar-refractivity contribution is -0.169. The fourth-order valence-electron chi connectivity index (χ4n) is 2.15. The highest BCUT2D eigenvalue weighted by Gasteiger charge is 2.48. The van der Waals surface area contributed by atoms with E-state index in [9.17, 15) is 14.0 Å². The summed E-state index contributed by atoms with van der Waals surface area (Å²) in [6.07, 6.45) is 0. The van der Waals surface area contributed by atoms with Gasteiger partial charge in [0.15, 0.2) is 11.6 Å². The molecule has 0 aromatic heterocycles. The van der Waals surface area contributed by atoms with Crippen LogP contribution in [-0.4, -0.2) is 23.2 Å². The molecule has 1 aromatic carbocycles. The molecule has 0 spiro atoms. The molecule has 0 saturated heterocycles. The van der Waals surface area contributed by atoms with Gasteiger partial charge < -0.3 is 14.8 Å². The molecule has 6 nitrogen and oxygen atoms in total. The lowest BCUT2D eigenvalue weighted by Gasteiger charge is -2.31. The largest absolute Gasteiger partial charge is 0.470 e. The van der Waals surface area contributed by atoms with Crippen LogP contribution >= 0.6 is 0 Å². The normalized spacial score (nSPS) is 24.6. The molecule has 120 valence electrons. The van der Waals surface area contributed by atoms with Gasteiger partial charge in [-0.1, -0.05) is 0 Å². The molecule has 2 atom stereocenters. The summed E-state index contributed by atoms with van der Waals surface area (Å²) in [6, 6.07) is 3.61. The maximum absolute atomic E-state index is 13.3. The molecule has 2 rings (SSSR count). The van der Waals surface area contributed by atoms with Crippen LogP contribution in [0.25, 0.3) is 0 Å². The van der Waals surface area contributed by atoms with Crippen LogP contribution < -0.4 is 15.8 Å². The standard InChI is InChI=1S/C15H19FN2O4/c1-14(2,3)22-13(20)11-12(19)18-9-6-5-8(16)7-10(9)21-15(11,4)17/h5-7,11H,17H2,1-4H3,(H,18,19)/t11-,15+/m1/s1. The summed E-state index contributed by atoms with van der Waals surface area (Å²) < 4.78 is 24.1. The Morgan fingerprint density at radius 2 is 2.09 bits per heavy atom. The van der Waals surface area contributed by atoms with Gasteiger partial charge in [0.25, 0.3) is 0 Å². The van der Waals surface area contributed by atoms with Gasteiger partial charge in [0.05, 0.1) is 5.69 Å². The molecule has 3 N–H and O–H groups in total. The molecule has 0 saturated carbocycles. The van der Waals surface area contributed by atoms with Crippen LogP contribution in [-0.2, 0) is 14.3 Å². The highest BCUT2D eigenvalue weighted by molar-refractivity contribution is 6.07. The zero-order valence-corrected chi connectivity index (χ0v) is 12.9. The number of carbonyl (C=O) groups is 2. The zero-order valence-electron chi connectivity index (χ0n) is 12.9. The smallest absolute Gasteiger partial charge is 0.324 e. The molecule has 0 bridgehead atoms. The van der Waals surface area contributed by atoms with E-state index in [1.165, 1.54) is 19.1 Å². The Hall–Kier alpha value is -2.15. The maximum Gasteiger partial charge on any atom is 0.324 e. The molecular weight excluding hydrogens is 291 g/mol. The second kappa shape index (κ2) is 5.24. The zero-order chi connectivity index (χ0) is 16.7. The van der Waals surface area contributed by atoms with Crippen molar-refractivity contribution in [1.82, 2.24) is 0 Å². The van der Waals surface area contributed by atoms with Gasteiger partial charge in [0.2, 0.25) is 5.91 Å². The Balaban J connectivity index is 2.38. The molecule has 1 amide bonds. The summed E-state index contributed by atoms with van der Waals surface area (Å²) in [5, 5.41) is 2.51. The second-order valence-electron chi connectivity index (χ2n) is 6.38. The summed E-state index contributed by atoms with van der Waals surface area (Å²) in [5.41, 5.74) is 3.78. The van der Waals surface area contributed by atoms with Gasteiger partial charge in [-0.15, -0.1) is 0 Å². The quantitative estimate of drug-likeness (QED) is 0.609. The van der Waals surface area contributed by atoms with Crippen molar-refractivity contribution in [1.29, 1.82) is 0 Å². The Morgan fingerprint density at radius 3 is 2.68 bits per heavy atom. The van der Waals surface area contributed by atoms with E-state index >= 15 is 0 Å². The van der Waals surface area contributed by atoms with E-state index in [0.29, 0.717) is 0 Å². The Bertz CT molecular complexity index is 622. The molecule has 0 aliphatic carbocycles. The number of rotatable bonds is 1. The van der Waals surface area contributed by atoms with E-state index in [0.717, 1.165) is 6.07 Å². The second-order valence-corrected chi connectivity index (χ2v) is 6.38. The van der Waals surface area contributed by atoms with E-state index in [1.807, 2.05) is 0 Å². The molecule has 0 fully saturated rings. The third kappa shape index (κ3) is 3.36. The number of carbonyl (C=O) groups excluding carboxylic acids is 2. The minimum atomic E-state index is -1.68. The van der Waals surface area contributed by atoms with Crippen molar-refractivity contribution in [3.05, 3.63) is 24.0 Å². The number of esters is 1. The summed E-state index contributed by atoms with van der Waals surface area (Å²) in [5.74, 6) is -3.33. The number of halogens is 1. The van der Waals surface area contributed by atoms with Gasteiger partial charge >= 0.3 is 5.97 Å². The average molecular weight is 310 g/mol. The van der Waals surface area contributed by atoms with Crippen LogP contribution in [0.5, 0.6) is 5.75 Å². The number of anilines is 1. The third-order valence-electron chi connectivity index (χ3n) is 3.01. The van der Waals surface area contributed by atoms with Crippen molar-refractivity contribution in [3.63, 3.8) is 0 Å². The number of hydrogen-bond donors (Lipinski definition) is 2. The minimum absolute atomic E-state index is 0.0596. The van der Waals surface area contributed by atoms with E-state index in [1.54, 1.807) is 20.8 Å². The first-order chi connectivity index (χ1) is 9.99. The monoisotopic (exact) mass is 310 g/mol. The van der Waals surface area contributed by atoms with Crippen LogP contribution in [0.3, 0.4) is 0 Å². The number of amides is 1. The van der Waals surface area contributed by atoms with Crippen LogP contribution in [0, 0.1) is 11.7 Å². The summed E-state index contributed by atoms with van der Waals surface area (Å²) in [4.78, 5) is 24.6. The Morgan fingerprint density at radius 1 is 1.45 bits per heavy atom. The molecule has 1 aliphatic rings. The third-order valence-corrected chi connectivity index (χ3v) is 3.01. The van der Waals surface area contributed by atoms with Crippen molar-refractivity contribution in [3.8, 4) is 5.75 Å². The molecular formula is C15H19FN2O4. The molecule has 22 heavy (non-hydrogen) atoms. The maximum atomic E-state index is 13.3. The fourth-order valence-corrected chi connectivity index (χ4v) is 2.15. The molecule has 1 aromatic rings. The van der Waals surface area contributed by atoms with Crippen molar-refractivity contribution in [2.75, 3.05) is 5.32 Å². The number of nitrogens with two attached hydrogens (primary N) is 1. The summed E-state index contributed by atoms with van der Waals surface area (Å²) >= 11 is 0. The van der Waals surface area contributed by atoms with E-state index < -0.39 is 34.9 Å². The van der Waals surface area contributed by atoms with Crippen LogP contribution in [0.15, 0.2) is 18.2 Å². The Labute approximate surface area is 127 Å². The van der Waals surface area contributed by atoms with Gasteiger partial charge in [-0.2, -0.15) is 0 Å². The van der Waals surface area contributed by atoms with E-state index in [2.05, 4.69) is 5.32 Å². The van der Waals surface area contributed by atoms with E-state index in [-0.39, 0.29) is 11.4 Å². The lowest BCUT2D eigenvalue weighted by Crippen LogP contribution is -2.57. The Kier molecular flexibility index (Phi) is 3.87. The fraction of sp³-hybridized carbons (Fsp3) is 0.467. The first kappa shape index (κ1) is 16.2. The van der Waals surface area contributed by atoms with Crippen molar-refractivity contribution in [2.45, 2.75) is 39.0 Å². The predicted octanol–water partition coefficient (Wildman–Crippen LogP) is 1.79. The van der Waals surface area contributed by atoms with Crippen LogP contribution in [0.1, 0.15) is 27.7 Å². The van der Waals surface area contributed by atoms with Gasteiger partial charge in [-0.3, -0.25) is 15.3 Å². The lowest BCUT2D eigenvalue weighted by atomic mass is 9.96. The van der Waals surface area contributed by atoms with Gasteiger partial charge in [-0.05, 0) is 39.8 Å². The number of fused-ring (bicyclic) bond motifs is 1. The number of hydrogen-bond acceptors (Lipinski definition) is 5. The highest BCUT2D eigenvalue weighted by Crippen LogP contribution is 2.35. The van der Waals surface area contributed by atoms with Gasteiger partial charge in [-0.25, -0.2) is 4.39 Å². The molecule has 1 aliphatic heterocycles. The van der Waals surface area contributed by atoms with Crippen molar-refractivity contribution < 1.29 is 23.5 Å². The SMILES string of the molecule is CC(C)(C)OC(=O)[C@H]1C(=O)Nc2ccc(F)cc2O[C@]1(C)N. The predicted molar refractivity (Wildman–Crippen MR) is 77.6 cm³/mol. The summed E-state index contributed by atoms with van der Waals surface area (Å²) in [7, 11) is 0. The first-order valence-electron chi connectivity index (χ1n) is 6.81. The van der Waals surface area contributed by atoms with Crippen LogP contribution in [0.4, 0.5) is 10.1 Å². The number of nitrogens with one attached hydrogen (secondary N) is 1. The highest BCUT2D eigenvalue weighted by atomic mass is 19.1. The number of ether oxygens (including phenoxy) is 2.